The van der Waals surface area contributed by atoms with Crippen molar-refractivity contribution < 1.29 is 13.2 Å². The van der Waals surface area contributed by atoms with Crippen LogP contribution in [0.5, 0.6) is 0 Å². The minimum atomic E-state index is -3.66. The molecule has 0 saturated carbocycles. The number of imidazole rings is 1. The van der Waals surface area contributed by atoms with Gasteiger partial charge in [-0.15, -0.1) is 0 Å². The zero-order chi connectivity index (χ0) is 20.0. The molecule has 4 aromatic rings. The van der Waals surface area contributed by atoms with Gasteiger partial charge in [-0.25, -0.2) is 13.4 Å². The molecule has 0 unspecified atom stereocenters. The van der Waals surface area contributed by atoms with Crippen LogP contribution in [0.25, 0.3) is 11.0 Å². The fraction of sp³-hybridized carbons (Fsp3) is 0.0909. The van der Waals surface area contributed by atoms with Crippen LogP contribution >= 0.6 is 0 Å². The highest BCUT2D eigenvalue weighted by molar-refractivity contribution is 7.92. The van der Waals surface area contributed by atoms with E-state index in [0.29, 0.717) is 17.9 Å². The smallest absolute Gasteiger partial charge is 0.233 e. The van der Waals surface area contributed by atoms with Crippen LogP contribution in [0.3, 0.4) is 0 Å². The van der Waals surface area contributed by atoms with Crippen LogP contribution in [0.1, 0.15) is 6.42 Å². The van der Waals surface area contributed by atoms with Crippen molar-refractivity contribution in [2.75, 3.05) is 4.90 Å². The highest BCUT2D eigenvalue weighted by Crippen LogP contribution is 2.44. The first-order chi connectivity index (χ1) is 14.1. The Hall–Kier alpha value is -3.45. The molecule has 0 saturated heterocycles. The summed E-state index contributed by atoms with van der Waals surface area (Å²) in [6.45, 7) is 0.451. The number of nitrogens with zero attached hydrogens (tertiary/aromatic N) is 3. The number of benzene rings is 3. The first-order valence-electron chi connectivity index (χ1n) is 9.23. The molecule has 29 heavy (non-hydrogen) atoms. The number of para-hydroxylation sites is 4. The lowest BCUT2D eigenvalue weighted by molar-refractivity contribution is -0.118. The summed E-state index contributed by atoms with van der Waals surface area (Å²) in [6, 6.07) is 21.0. The summed E-state index contributed by atoms with van der Waals surface area (Å²) in [5.74, 6) is -0.169. The second-order valence-electron chi connectivity index (χ2n) is 6.84. The number of fused-ring (bicyclic) bond motifs is 3. The van der Waals surface area contributed by atoms with Crippen molar-refractivity contribution in [3.63, 3.8) is 0 Å². The van der Waals surface area contributed by atoms with Gasteiger partial charge in [0.15, 0.2) is 0 Å². The predicted octanol–water partition coefficient (Wildman–Crippen LogP) is 3.94. The van der Waals surface area contributed by atoms with Crippen LogP contribution in [-0.2, 0) is 21.2 Å². The Labute approximate surface area is 168 Å². The second-order valence-corrected chi connectivity index (χ2v) is 8.73. The summed E-state index contributed by atoms with van der Waals surface area (Å²) in [4.78, 5) is 19.4. The summed E-state index contributed by atoms with van der Waals surface area (Å²) >= 11 is 0. The monoisotopic (exact) mass is 403 g/mol. The molecule has 3 aromatic carbocycles. The van der Waals surface area contributed by atoms with Crippen LogP contribution in [0, 0.1) is 0 Å². The van der Waals surface area contributed by atoms with Crippen LogP contribution in [0.15, 0.2) is 88.9 Å². The van der Waals surface area contributed by atoms with E-state index in [1.807, 2.05) is 28.8 Å². The Kier molecular flexibility index (Phi) is 3.99. The average Bonchev–Trinajstić information content (AvgIpc) is 3.16. The lowest BCUT2D eigenvalue weighted by atomic mass is 10.2. The van der Waals surface area contributed by atoms with Gasteiger partial charge in [0.25, 0.3) is 0 Å². The van der Waals surface area contributed by atoms with Gasteiger partial charge in [-0.3, -0.25) is 9.69 Å². The minimum Gasteiger partial charge on any atom is -0.330 e. The molecule has 0 radical (unpaired) electrons. The third-order valence-electron chi connectivity index (χ3n) is 5.13. The number of amides is 1. The molecule has 0 N–H and O–H groups in total. The van der Waals surface area contributed by atoms with E-state index < -0.39 is 9.84 Å². The fourth-order valence-corrected chi connectivity index (χ4v) is 5.39. The maximum Gasteiger partial charge on any atom is 0.233 e. The molecule has 1 aliphatic rings. The van der Waals surface area contributed by atoms with E-state index >= 15 is 0 Å². The number of carbonyl (C=O) groups excluding carboxylic acids is 1. The number of aromatic nitrogens is 2. The van der Waals surface area contributed by atoms with Gasteiger partial charge in [-0.1, -0.05) is 36.4 Å². The topological polar surface area (TPSA) is 72.3 Å². The summed E-state index contributed by atoms with van der Waals surface area (Å²) in [5, 5.41) is 0. The molecular weight excluding hydrogens is 386 g/mol. The van der Waals surface area contributed by atoms with Crippen molar-refractivity contribution in [3.05, 3.63) is 79.1 Å². The van der Waals surface area contributed by atoms with Crippen molar-refractivity contribution in [1.82, 2.24) is 9.55 Å². The van der Waals surface area contributed by atoms with Crippen molar-refractivity contribution >= 4 is 38.2 Å². The van der Waals surface area contributed by atoms with Gasteiger partial charge in [-0.2, -0.15) is 0 Å². The van der Waals surface area contributed by atoms with Crippen molar-refractivity contribution in [1.29, 1.82) is 0 Å². The van der Waals surface area contributed by atoms with Gasteiger partial charge < -0.3 is 4.57 Å². The van der Waals surface area contributed by atoms with Gasteiger partial charge >= 0.3 is 0 Å². The largest absolute Gasteiger partial charge is 0.330 e. The lowest BCUT2D eigenvalue weighted by Crippen LogP contribution is -2.32. The molecule has 1 amide bonds. The average molecular weight is 403 g/mol. The van der Waals surface area contributed by atoms with E-state index in [4.69, 9.17) is 0 Å². The highest BCUT2D eigenvalue weighted by Gasteiger charge is 2.36. The molecule has 2 heterocycles. The SMILES string of the molecule is O=C(CCn1cnc2ccccc21)N1c2ccccc2S(=O)(=O)c2ccccc21. The summed E-state index contributed by atoms with van der Waals surface area (Å²) in [6.07, 6.45) is 1.93. The third-order valence-corrected chi connectivity index (χ3v) is 6.98. The number of rotatable bonds is 3. The Morgan fingerprint density at radius 3 is 2.10 bits per heavy atom. The summed E-state index contributed by atoms with van der Waals surface area (Å²) < 4.78 is 27.9. The fourth-order valence-electron chi connectivity index (χ4n) is 3.77. The van der Waals surface area contributed by atoms with E-state index in [9.17, 15) is 13.2 Å². The van der Waals surface area contributed by atoms with E-state index in [-0.39, 0.29) is 22.1 Å². The standard InChI is InChI=1S/C22H17N3O3S/c26-22(13-14-24-15-23-16-7-1-2-8-17(16)24)25-18-9-3-5-11-20(18)29(27,28)21-12-6-4-10-19(21)25/h1-12,15H,13-14H2. The van der Waals surface area contributed by atoms with Gasteiger partial charge in [0.1, 0.15) is 0 Å². The molecule has 0 fully saturated rings. The molecule has 6 nitrogen and oxygen atoms in total. The summed E-state index contributed by atoms with van der Waals surface area (Å²) in [7, 11) is -3.66. The Morgan fingerprint density at radius 2 is 1.41 bits per heavy atom. The van der Waals surface area contributed by atoms with Crippen molar-refractivity contribution in [3.8, 4) is 0 Å². The minimum absolute atomic E-state index is 0.153. The molecule has 144 valence electrons. The number of carbonyl (C=O) groups is 1. The normalized spacial score (nSPS) is 14.4. The van der Waals surface area contributed by atoms with Crippen molar-refractivity contribution in [2.24, 2.45) is 0 Å². The first-order valence-corrected chi connectivity index (χ1v) is 10.7. The number of hydrogen-bond acceptors (Lipinski definition) is 4. The number of aryl methyl sites for hydroxylation is 1. The van der Waals surface area contributed by atoms with E-state index in [0.717, 1.165) is 11.0 Å². The Bertz CT molecular complexity index is 1310. The maximum atomic E-state index is 13.3. The quantitative estimate of drug-likeness (QED) is 0.519. The van der Waals surface area contributed by atoms with Gasteiger partial charge in [0.2, 0.25) is 15.7 Å². The second kappa shape index (κ2) is 6.56. The third kappa shape index (κ3) is 2.74. The van der Waals surface area contributed by atoms with Gasteiger partial charge in [0.05, 0.1) is 38.5 Å². The molecule has 0 atom stereocenters. The molecule has 0 bridgehead atoms. The number of hydrogen-bond donors (Lipinski definition) is 0. The predicted molar refractivity (Wildman–Crippen MR) is 110 cm³/mol. The van der Waals surface area contributed by atoms with Crippen LogP contribution < -0.4 is 4.90 Å². The number of sulfone groups is 1. The molecule has 1 aliphatic heterocycles. The maximum absolute atomic E-state index is 13.3. The van der Waals surface area contributed by atoms with E-state index in [2.05, 4.69) is 4.98 Å². The molecule has 1 aromatic heterocycles. The van der Waals surface area contributed by atoms with Gasteiger partial charge in [0, 0.05) is 13.0 Å². The lowest BCUT2D eigenvalue weighted by Gasteiger charge is -2.31. The van der Waals surface area contributed by atoms with Crippen molar-refractivity contribution in [2.45, 2.75) is 22.8 Å². The van der Waals surface area contributed by atoms with Crippen LogP contribution in [-0.4, -0.2) is 23.9 Å². The van der Waals surface area contributed by atoms with E-state index in [1.165, 1.54) is 4.90 Å². The first kappa shape index (κ1) is 17.6. The van der Waals surface area contributed by atoms with Crippen LogP contribution in [0.2, 0.25) is 0 Å². The molecule has 0 aliphatic carbocycles. The molecule has 7 heteroatoms. The van der Waals surface area contributed by atoms with Gasteiger partial charge in [-0.05, 0) is 36.4 Å². The Morgan fingerprint density at radius 1 is 0.828 bits per heavy atom. The van der Waals surface area contributed by atoms with Crippen LogP contribution in [0.4, 0.5) is 11.4 Å². The molecular formula is C22H17N3O3S. The zero-order valence-corrected chi connectivity index (χ0v) is 16.2. The van der Waals surface area contributed by atoms with E-state index in [1.54, 1.807) is 54.9 Å². The summed E-state index contributed by atoms with van der Waals surface area (Å²) in [5.41, 5.74) is 2.63. The zero-order valence-electron chi connectivity index (χ0n) is 15.4. The molecule has 5 rings (SSSR count). The highest BCUT2D eigenvalue weighted by atomic mass is 32.2. The number of anilines is 2. The molecule has 0 spiro atoms. The Balaban J connectivity index is 1.53.